The highest BCUT2D eigenvalue weighted by Gasteiger charge is 2.10. The lowest BCUT2D eigenvalue weighted by molar-refractivity contribution is 0.0983. The van der Waals surface area contributed by atoms with Crippen LogP contribution in [0.1, 0.15) is 30.1 Å². The van der Waals surface area contributed by atoms with E-state index < -0.39 is 0 Å². The molecule has 1 aromatic rings. The number of carbonyl (C=O) groups excluding carboxylic acids is 1. The minimum atomic E-state index is 0.0275. The van der Waals surface area contributed by atoms with E-state index in [1.54, 1.807) is 18.2 Å². The molecule has 1 rings (SSSR count). The Bertz CT molecular complexity index is 397. The summed E-state index contributed by atoms with van der Waals surface area (Å²) < 4.78 is 0. The molecular weight excluding hydrogens is 231 g/mol. The van der Waals surface area contributed by atoms with Crippen molar-refractivity contribution >= 4 is 29.0 Å². The summed E-state index contributed by atoms with van der Waals surface area (Å²) in [6.07, 6.45) is 1.13. The van der Waals surface area contributed by atoms with Gasteiger partial charge in [-0.1, -0.05) is 28.8 Å². The fourth-order valence-corrected chi connectivity index (χ4v) is 1.69. The number of ketones is 1. The predicted octanol–water partition coefficient (Wildman–Crippen LogP) is 4.53. The number of hydrogen-bond acceptors (Lipinski definition) is 1. The van der Waals surface area contributed by atoms with Gasteiger partial charge in [0.25, 0.3) is 0 Å². The van der Waals surface area contributed by atoms with Gasteiger partial charge >= 0.3 is 0 Å². The Morgan fingerprint density at radius 1 is 1.33 bits per heavy atom. The Hall–Kier alpha value is -0.790. The zero-order chi connectivity index (χ0) is 11.4. The van der Waals surface area contributed by atoms with Gasteiger partial charge in [0.05, 0.1) is 5.02 Å². The summed E-state index contributed by atoms with van der Waals surface area (Å²) in [6.45, 7) is 5.65. The lowest BCUT2D eigenvalue weighted by atomic mass is 10.0. The molecule has 0 saturated carbocycles. The zero-order valence-corrected chi connectivity index (χ0v) is 10.0. The third-order valence-electron chi connectivity index (χ3n) is 2.01. The maximum atomic E-state index is 11.7. The van der Waals surface area contributed by atoms with Gasteiger partial charge in [-0.3, -0.25) is 4.79 Å². The lowest BCUT2D eigenvalue weighted by Crippen LogP contribution is -1.99. The fraction of sp³-hybridized carbons (Fsp3) is 0.250. The van der Waals surface area contributed by atoms with Crippen molar-refractivity contribution in [1.29, 1.82) is 0 Å². The molecule has 0 heterocycles. The van der Waals surface area contributed by atoms with Gasteiger partial charge in [0, 0.05) is 17.0 Å². The minimum absolute atomic E-state index is 0.0275. The van der Waals surface area contributed by atoms with Crippen LogP contribution in [0.25, 0.3) is 0 Å². The van der Waals surface area contributed by atoms with Crippen molar-refractivity contribution in [2.75, 3.05) is 0 Å². The van der Waals surface area contributed by atoms with Gasteiger partial charge in [-0.2, -0.15) is 0 Å². The van der Waals surface area contributed by atoms with Crippen molar-refractivity contribution in [3.05, 3.63) is 46.0 Å². The Kier molecular flexibility index (Phi) is 4.37. The van der Waals surface area contributed by atoms with Gasteiger partial charge in [0.1, 0.15) is 0 Å². The molecule has 0 N–H and O–H groups in total. The first kappa shape index (κ1) is 12.3. The molecule has 0 aromatic heterocycles. The summed E-state index contributed by atoms with van der Waals surface area (Å²) in [5.74, 6) is 0.0275. The molecule has 0 radical (unpaired) electrons. The maximum Gasteiger partial charge on any atom is 0.164 e. The highest BCUT2D eigenvalue weighted by atomic mass is 35.5. The van der Waals surface area contributed by atoms with Crippen LogP contribution in [-0.4, -0.2) is 5.78 Å². The van der Waals surface area contributed by atoms with Crippen LogP contribution in [0.15, 0.2) is 30.4 Å². The molecular formula is C12H12Cl2O. The SMILES string of the molecule is C=C(C)CCC(=O)c1ccc(Cl)cc1Cl. The summed E-state index contributed by atoms with van der Waals surface area (Å²) in [4.78, 5) is 11.7. The standard InChI is InChI=1S/C12H12Cl2O/c1-8(2)3-6-12(15)10-5-4-9(13)7-11(10)14/h4-5,7H,1,3,6H2,2H3. The van der Waals surface area contributed by atoms with Crippen LogP contribution < -0.4 is 0 Å². The van der Waals surface area contributed by atoms with E-state index in [-0.39, 0.29) is 5.78 Å². The van der Waals surface area contributed by atoms with Crippen LogP contribution in [0.2, 0.25) is 10.0 Å². The largest absolute Gasteiger partial charge is 0.294 e. The average Bonchev–Trinajstić information content (AvgIpc) is 2.14. The van der Waals surface area contributed by atoms with Crippen LogP contribution >= 0.6 is 23.2 Å². The molecule has 0 unspecified atom stereocenters. The van der Waals surface area contributed by atoms with Gasteiger partial charge in [0.15, 0.2) is 5.78 Å². The topological polar surface area (TPSA) is 17.1 Å². The van der Waals surface area contributed by atoms with E-state index in [4.69, 9.17) is 23.2 Å². The molecule has 0 bridgehead atoms. The molecule has 3 heteroatoms. The summed E-state index contributed by atoms with van der Waals surface area (Å²) in [6, 6.07) is 4.91. The Morgan fingerprint density at radius 2 is 2.00 bits per heavy atom. The van der Waals surface area contributed by atoms with E-state index in [1.807, 2.05) is 6.92 Å². The minimum Gasteiger partial charge on any atom is -0.294 e. The molecule has 1 nitrogen and oxygen atoms in total. The number of carbonyl (C=O) groups is 1. The van der Waals surface area contributed by atoms with E-state index in [0.29, 0.717) is 28.5 Å². The van der Waals surface area contributed by atoms with Crippen LogP contribution in [0.5, 0.6) is 0 Å². The average molecular weight is 243 g/mol. The molecule has 0 atom stereocenters. The maximum absolute atomic E-state index is 11.7. The van der Waals surface area contributed by atoms with Gasteiger partial charge in [0.2, 0.25) is 0 Å². The highest BCUT2D eigenvalue weighted by Crippen LogP contribution is 2.22. The third kappa shape index (κ3) is 3.69. The molecule has 15 heavy (non-hydrogen) atoms. The molecule has 0 spiro atoms. The number of Topliss-reactive ketones (excluding diaryl/α,β-unsaturated/α-hetero) is 1. The van der Waals surface area contributed by atoms with Gasteiger partial charge in [-0.25, -0.2) is 0 Å². The Morgan fingerprint density at radius 3 is 2.53 bits per heavy atom. The quantitative estimate of drug-likeness (QED) is 0.560. The third-order valence-corrected chi connectivity index (χ3v) is 2.56. The fourth-order valence-electron chi connectivity index (χ4n) is 1.18. The second kappa shape index (κ2) is 5.34. The number of halogens is 2. The van der Waals surface area contributed by atoms with Gasteiger partial charge in [-0.15, -0.1) is 6.58 Å². The molecule has 0 aliphatic rings. The van der Waals surface area contributed by atoms with Crippen LogP contribution in [-0.2, 0) is 0 Å². The van der Waals surface area contributed by atoms with E-state index in [0.717, 1.165) is 5.57 Å². The number of allylic oxidation sites excluding steroid dienone is 1. The second-order valence-corrected chi connectivity index (χ2v) is 4.35. The monoisotopic (exact) mass is 242 g/mol. The van der Waals surface area contributed by atoms with Crippen molar-refractivity contribution in [3.8, 4) is 0 Å². The van der Waals surface area contributed by atoms with E-state index in [1.165, 1.54) is 0 Å². The molecule has 0 aliphatic heterocycles. The first-order valence-corrected chi connectivity index (χ1v) is 5.39. The number of hydrogen-bond donors (Lipinski definition) is 0. The molecule has 1 aromatic carbocycles. The molecule has 0 fully saturated rings. The van der Waals surface area contributed by atoms with Gasteiger partial charge in [-0.05, 0) is 31.5 Å². The van der Waals surface area contributed by atoms with Crippen molar-refractivity contribution in [2.24, 2.45) is 0 Å². The van der Waals surface area contributed by atoms with Crippen molar-refractivity contribution in [2.45, 2.75) is 19.8 Å². The van der Waals surface area contributed by atoms with Crippen LogP contribution in [0.4, 0.5) is 0 Å². The van der Waals surface area contributed by atoms with Crippen LogP contribution in [0.3, 0.4) is 0 Å². The Balaban J connectivity index is 2.78. The van der Waals surface area contributed by atoms with Crippen molar-refractivity contribution < 1.29 is 4.79 Å². The lowest BCUT2D eigenvalue weighted by Gasteiger charge is -2.03. The molecule has 0 saturated heterocycles. The summed E-state index contributed by atoms with van der Waals surface area (Å²) in [7, 11) is 0. The summed E-state index contributed by atoms with van der Waals surface area (Å²) in [5, 5.41) is 0.950. The van der Waals surface area contributed by atoms with E-state index in [9.17, 15) is 4.79 Å². The number of rotatable bonds is 4. The normalized spacial score (nSPS) is 10.1. The molecule has 0 aliphatic carbocycles. The first-order valence-electron chi connectivity index (χ1n) is 4.63. The zero-order valence-electron chi connectivity index (χ0n) is 8.52. The molecule has 80 valence electrons. The Labute approximate surface area is 99.7 Å². The van der Waals surface area contributed by atoms with E-state index >= 15 is 0 Å². The summed E-state index contributed by atoms with van der Waals surface area (Å²) >= 11 is 11.7. The number of benzene rings is 1. The second-order valence-electron chi connectivity index (χ2n) is 3.50. The van der Waals surface area contributed by atoms with Crippen LogP contribution in [0, 0.1) is 0 Å². The summed E-state index contributed by atoms with van der Waals surface area (Å²) in [5.41, 5.74) is 1.52. The molecule has 0 amide bonds. The first-order chi connectivity index (χ1) is 7.00. The highest BCUT2D eigenvalue weighted by molar-refractivity contribution is 6.36. The smallest absolute Gasteiger partial charge is 0.164 e. The van der Waals surface area contributed by atoms with Gasteiger partial charge < -0.3 is 0 Å². The predicted molar refractivity (Wildman–Crippen MR) is 64.8 cm³/mol. The van der Waals surface area contributed by atoms with E-state index in [2.05, 4.69) is 6.58 Å². The van der Waals surface area contributed by atoms with Crippen molar-refractivity contribution in [1.82, 2.24) is 0 Å². The van der Waals surface area contributed by atoms with Crippen molar-refractivity contribution in [3.63, 3.8) is 0 Å².